The van der Waals surface area contributed by atoms with E-state index in [0.717, 1.165) is 5.56 Å². The number of phenolic OH excluding ortho intramolecular Hbond substituents is 1. The van der Waals surface area contributed by atoms with Crippen molar-refractivity contribution < 1.29 is 9.90 Å². The molecule has 0 saturated carbocycles. The first-order valence-electron chi connectivity index (χ1n) is 7.09. The summed E-state index contributed by atoms with van der Waals surface area (Å²) in [7, 11) is 0. The normalized spacial score (nSPS) is 10.7. The number of fused-ring (bicyclic) bond motifs is 1. The Labute approximate surface area is 133 Å². The molecule has 6 heteroatoms. The second kappa shape index (κ2) is 5.57. The molecule has 2 aromatic carbocycles. The van der Waals surface area contributed by atoms with Gasteiger partial charge in [0.05, 0.1) is 0 Å². The van der Waals surface area contributed by atoms with Crippen LogP contribution < -0.4 is 5.32 Å². The zero-order valence-corrected chi connectivity index (χ0v) is 12.9. The molecule has 0 atom stereocenters. The topological polar surface area (TPSA) is 80.0 Å². The number of aryl methyl sites for hydroxylation is 1. The Morgan fingerprint density at radius 2 is 1.96 bits per heavy atom. The average Bonchev–Trinajstić information content (AvgIpc) is 2.95. The number of nitrogens with one attached hydrogen (secondary N) is 1. The summed E-state index contributed by atoms with van der Waals surface area (Å²) < 4.78 is 0. The molecular formula is C17H16N4O2. The smallest absolute Gasteiger partial charge is 0.250 e. The van der Waals surface area contributed by atoms with E-state index in [2.05, 4.69) is 22.1 Å². The number of amides is 1. The largest absolute Gasteiger partial charge is 0.506 e. The molecule has 3 aromatic rings. The number of aromatic nitrogens is 3. The first kappa shape index (κ1) is 14.8. The van der Waals surface area contributed by atoms with Crippen LogP contribution >= 0.6 is 0 Å². The molecule has 3 rings (SSSR count). The summed E-state index contributed by atoms with van der Waals surface area (Å²) >= 11 is 0. The summed E-state index contributed by atoms with van der Waals surface area (Å²) in [5, 5.41) is 21.5. The van der Waals surface area contributed by atoms with Crippen LogP contribution in [0.3, 0.4) is 0 Å². The lowest BCUT2D eigenvalue weighted by Gasteiger charge is -2.07. The fraction of sp³-hybridized carbons (Fsp3) is 0.118. The van der Waals surface area contributed by atoms with Gasteiger partial charge in [-0.1, -0.05) is 18.7 Å². The summed E-state index contributed by atoms with van der Waals surface area (Å²) in [6.07, 6.45) is 0. The number of hydrogen-bond donors (Lipinski definition) is 2. The van der Waals surface area contributed by atoms with Gasteiger partial charge in [-0.15, -0.1) is 15.0 Å². The predicted molar refractivity (Wildman–Crippen MR) is 88.7 cm³/mol. The van der Waals surface area contributed by atoms with E-state index >= 15 is 0 Å². The highest BCUT2D eigenvalue weighted by Crippen LogP contribution is 2.26. The molecule has 0 fully saturated rings. The van der Waals surface area contributed by atoms with Gasteiger partial charge in [-0.25, -0.2) is 0 Å². The molecule has 23 heavy (non-hydrogen) atoms. The number of hydrogen-bond acceptors (Lipinski definition) is 4. The molecule has 0 bridgehead atoms. The van der Waals surface area contributed by atoms with Crippen molar-refractivity contribution >= 4 is 22.6 Å². The maximum atomic E-state index is 11.8. The van der Waals surface area contributed by atoms with Gasteiger partial charge in [0.25, 0.3) is 5.91 Å². The summed E-state index contributed by atoms with van der Waals surface area (Å²) in [5.41, 5.74) is 3.73. The monoisotopic (exact) mass is 308 g/mol. The van der Waals surface area contributed by atoms with Crippen LogP contribution in [0.1, 0.15) is 12.5 Å². The van der Waals surface area contributed by atoms with Crippen molar-refractivity contribution in [2.24, 2.45) is 0 Å². The van der Waals surface area contributed by atoms with E-state index in [1.165, 1.54) is 4.80 Å². The van der Waals surface area contributed by atoms with Crippen molar-refractivity contribution in [3.05, 3.63) is 54.1 Å². The van der Waals surface area contributed by atoms with E-state index in [0.29, 0.717) is 28.0 Å². The molecule has 0 aliphatic rings. The van der Waals surface area contributed by atoms with Crippen LogP contribution in [0.2, 0.25) is 0 Å². The zero-order chi connectivity index (χ0) is 16.6. The van der Waals surface area contributed by atoms with Gasteiger partial charge in [0, 0.05) is 16.8 Å². The maximum absolute atomic E-state index is 11.8. The van der Waals surface area contributed by atoms with E-state index < -0.39 is 0 Å². The van der Waals surface area contributed by atoms with Crippen molar-refractivity contribution in [1.82, 2.24) is 15.0 Å². The third kappa shape index (κ3) is 2.66. The number of benzene rings is 2. The quantitative estimate of drug-likeness (QED) is 0.729. The zero-order valence-electron chi connectivity index (χ0n) is 12.9. The Balaban J connectivity index is 2.07. The molecule has 116 valence electrons. The number of phenols is 1. The molecule has 1 aromatic heterocycles. The summed E-state index contributed by atoms with van der Waals surface area (Å²) in [6, 6.07) is 10.4. The second-order valence-electron chi connectivity index (χ2n) is 5.32. The minimum Gasteiger partial charge on any atom is -0.506 e. The minimum absolute atomic E-state index is 0.0984. The van der Waals surface area contributed by atoms with Gasteiger partial charge in [-0.3, -0.25) is 4.79 Å². The predicted octanol–water partition coefficient (Wildman–Crippen LogP) is 2.95. The van der Waals surface area contributed by atoms with Gasteiger partial charge in [-0.05, 0) is 38.1 Å². The Hall–Kier alpha value is -3.15. The van der Waals surface area contributed by atoms with Gasteiger partial charge in [0.2, 0.25) is 0 Å². The highest BCUT2D eigenvalue weighted by Gasteiger charge is 2.13. The molecule has 0 saturated heterocycles. The van der Waals surface area contributed by atoms with Gasteiger partial charge in [0.1, 0.15) is 22.5 Å². The van der Waals surface area contributed by atoms with Gasteiger partial charge >= 0.3 is 0 Å². The number of carbonyl (C=O) groups is 1. The number of para-hydroxylation sites is 2. The van der Waals surface area contributed by atoms with E-state index in [1.54, 1.807) is 43.3 Å². The van der Waals surface area contributed by atoms with Crippen molar-refractivity contribution in [1.29, 1.82) is 0 Å². The number of anilines is 1. The van der Waals surface area contributed by atoms with E-state index in [4.69, 9.17) is 0 Å². The molecule has 2 N–H and O–H groups in total. The lowest BCUT2D eigenvalue weighted by Crippen LogP contribution is -2.12. The fourth-order valence-electron chi connectivity index (χ4n) is 2.22. The molecule has 0 aliphatic heterocycles. The third-order valence-corrected chi connectivity index (χ3v) is 3.54. The lowest BCUT2D eigenvalue weighted by molar-refractivity contribution is -0.112. The first-order chi connectivity index (χ1) is 11.0. The van der Waals surface area contributed by atoms with Crippen LogP contribution in [0.5, 0.6) is 5.75 Å². The van der Waals surface area contributed by atoms with Crippen LogP contribution in [0.15, 0.2) is 48.6 Å². The molecule has 1 heterocycles. The first-order valence-corrected chi connectivity index (χ1v) is 7.09. The minimum atomic E-state index is -0.236. The number of rotatable bonds is 3. The highest BCUT2D eigenvalue weighted by molar-refractivity contribution is 6.04. The number of carbonyl (C=O) groups excluding carboxylic acids is 1. The maximum Gasteiger partial charge on any atom is 0.250 e. The Morgan fingerprint density at radius 3 is 2.65 bits per heavy atom. The van der Waals surface area contributed by atoms with Crippen molar-refractivity contribution in [3.63, 3.8) is 0 Å². The standard InChI is InChI=1S/C17H16N4O2/c1-10(2)17(23)18-12-8-9-13-16(11(12)3)20-21(19-13)14-6-4-5-7-15(14)22/h4-9,22H,1H2,2-3H3,(H,18,23). The third-order valence-electron chi connectivity index (χ3n) is 3.54. The van der Waals surface area contributed by atoms with Crippen molar-refractivity contribution in [3.8, 4) is 11.4 Å². The van der Waals surface area contributed by atoms with E-state index in [9.17, 15) is 9.90 Å². The molecule has 0 radical (unpaired) electrons. The van der Waals surface area contributed by atoms with Crippen LogP contribution in [-0.2, 0) is 4.79 Å². The fourth-order valence-corrected chi connectivity index (χ4v) is 2.22. The van der Waals surface area contributed by atoms with Gasteiger partial charge in [-0.2, -0.15) is 0 Å². The van der Waals surface area contributed by atoms with E-state index in [1.807, 2.05) is 6.92 Å². The second-order valence-corrected chi connectivity index (χ2v) is 5.32. The Kier molecular flexibility index (Phi) is 3.57. The van der Waals surface area contributed by atoms with Crippen LogP contribution in [-0.4, -0.2) is 26.0 Å². The summed E-state index contributed by atoms with van der Waals surface area (Å²) in [4.78, 5) is 13.2. The summed E-state index contributed by atoms with van der Waals surface area (Å²) in [5.74, 6) is -0.137. The van der Waals surface area contributed by atoms with Gasteiger partial charge in [0.15, 0.2) is 0 Å². The van der Waals surface area contributed by atoms with Gasteiger partial charge < -0.3 is 10.4 Å². The molecule has 0 aliphatic carbocycles. The average molecular weight is 308 g/mol. The number of nitrogens with zero attached hydrogens (tertiary/aromatic N) is 3. The molecule has 0 unspecified atom stereocenters. The van der Waals surface area contributed by atoms with Crippen molar-refractivity contribution in [2.45, 2.75) is 13.8 Å². The van der Waals surface area contributed by atoms with Crippen LogP contribution in [0.4, 0.5) is 5.69 Å². The van der Waals surface area contributed by atoms with Crippen molar-refractivity contribution in [2.75, 3.05) is 5.32 Å². The van der Waals surface area contributed by atoms with Crippen LogP contribution in [0.25, 0.3) is 16.7 Å². The summed E-state index contributed by atoms with van der Waals surface area (Å²) in [6.45, 7) is 7.14. The lowest BCUT2D eigenvalue weighted by atomic mass is 10.1. The Bertz CT molecular complexity index is 927. The number of aromatic hydroxyl groups is 1. The van der Waals surface area contributed by atoms with Crippen LogP contribution in [0, 0.1) is 6.92 Å². The molecule has 0 spiro atoms. The molecular weight excluding hydrogens is 292 g/mol. The van der Waals surface area contributed by atoms with E-state index in [-0.39, 0.29) is 11.7 Å². The molecule has 1 amide bonds. The molecule has 6 nitrogen and oxygen atoms in total. The SMILES string of the molecule is C=C(C)C(=O)Nc1ccc2nn(-c3ccccc3O)nc2c1C. The highest BCUT2D eigenvalue weighted by atomic mass is 16.3. The Morgan fingerprint density at radius 1 is 1.22 bits per heavy atom.